The second kappa shape index (κ2) is 6.77. The van der Waals surface area contributed by atoms with Gasteiger partial charge in [0.05, 0.1) is 0 Å². The van der Waals surface area contributed by atoms with Gasteiger partial charge in [-0.25, -0.2) is 9.59 Å². The van der Waals surface area contributed by atoms with Crippen molar-refractivity contribution in [1.29, 1.82) is 0 Å². The second-order valence-corrected chi connectivity index (χ2v) is 6.44. The summed E-state index contributed by atoms with van der Waals surface area (Å²) in [6.07, 6.45) is 4.75. The minimum atomic E-state index is -1.05. The fraction of sp³-hybridized carbons (Fsp3) is 0.733. The number of carboxylic acid groups (broad SMARTS) is 1. The zero-order chi connectivity index (χ0) is 15.3. The van der Waals surface area contributed by atoms with Crippen molar-refractivity contribution in [2.75, 3.05) is 0 Å². The van der Waals surface area contributed by atoms with E-state index in [0.717, 1.165) is 25.7 Å². The van der Waals surface area contributed by atoms with Crippen LogP contribution in [-0.4, -0.2) is 29.3 Å². The maximum absolute atomic E-state index is 11.9. The molecule has 1 aliphatic rings. The molecule has 1 aliphatic carbocycles. The molecule has 0 bridgehead atoms. The monoisotopic (exact) mass is 283 g/mol. The van der Waals surface area contributed by atoms with E-state index in [4.69, 9.17) is 4.74 Å². The Morgan fingerprint density at radius 3 is 2.60 bits per heavy atom. The van der Waals surface area contributed by atoms with Crippen LogP contribution in [0.2, 0.25) is 0 Å². The summed E-state index contributed by atoms with van der Waals surface area (Å²) >= 11 is 0. The molecular weight excluding hydrogens is 258 g/mol. The number of carbonyl (C=O) groups excluding carboxylic acids is 1. The van der Waals surface area contributed by atoms with Gasteiger partial charge in [0.15, 0.2) is 0 Å². The van der Waals surface area contributed by atoms with Crippen molar-refractivity contribution in [2.45, 2.75) is 58.6 Å². The van der Waals surface area contributed by atoms with E-state index < -0.39 is 23.5 Å². The van der Waals surface area contributed by atoms with Gasteiger partial charge >= 0.3 is 12.1 Å². The van der Waals surface area contributed by atoms with Gasteiger partial charge in [0.1, 0.15) is 12.1 Å². The van der Waals surface area contributed by atoms with E-state index in [1.807, 2.05) is 6.08 Å². The summed E-state index contributed by atoms with van der Waals surface area (Å²) in [7, 11) is 0. The summed E-state index contributed by atoms with van der Waals surface area (Å²) in [5.41, 5.74) is -0.568. The van der Waals surface area contributed by atoms with Crippen LogP contribution in [0.3, 0.4) is 0 Å². The SMILES string of the molecule is C=CC[C@@H]1CCC[C@H]1OC(=O)NC(C(=O)O)C(C)(C)C. The smallest absolute Gasteiger partial charge is 0.408 e. The molecule has 2 N–H and O–H groups in total. The molecule has 1 rings (SSSR count). The highest BCUT2D eigenvalue weighted by Gasteiger charge is 2.35. The van der Waals surface area contributed by atoms with Crippen LogP contribution >= 0.6 is 0 Å². The number of alkyl carbamates (subject to hydrolysis) is 1. The van der Waals surface area contributed by atoms with Gasteiger partial charge in [-0.3, -0.25) is 0 Å². The number of amides is 1. The van der Waals surface area contributed by atoms with Crippen molar-refractivity contribution in [2.24, 2.45) is 11.3 Å². The highest BCUT2D eigenvalue weighted by Crippen LogP contribution is 2.31. The third-order valence-electron chi connectivity index (χ3n) is 3.69. The van der Waals surface area contributed by atoms with Crippen molar-refractivity contribution < 1.29 is 19.4 Å². The molecule has 0 aromatic heterocycles. The first kappa shape index (κ1) is 16.5. The predicted octanol–water partition coefficient (Wildman–Crippen LogP) is 2.96. The molecule has 0 aliphatic heterocycles. The van der Waals surface area contributed by atoms with Gasteiger partial charge in [-0.2, -0.15) is 0 Å². The van der Waals surface area contributed by atoms with Crippen LogP contribution in [-0.2, 0) is 9.53 Å². The van der Waals surface area contributed by atoms with E-state index in [9.17, 15) is 14.7 Å². The lowest BCUT2D eigenvalue weighted by Gasteiger charge is -2.28. The molecule has 1 saturated carbocycles. The quantitative estimate of drug-likeness (QED) is 0.761. The van der Waals surface area contributed by atoms with Gasteiger partial charge < -0.3 is 15.2 Å². The molecule has 1 fully saturated rings. The van der Waals surface area contributed by atoms with Crippen molar-refractivity contribution in [1.82, 2.24) is 5.32 Å². The number of carboxylic acids is 1. The van der Waals surface area contributed by atoms with Crippen LogP contribution in [0.4, 0.5) is 4.79 Å². The van der Waals surface area contributed by atoms with E-state index in [2.05, 4.69) is 11.9 Å². The molecule has 1 amide bonds. The minimum Gasteiger partial charge on any atom is -0.480 e. The molecular formula is C15H25NO4. The number of allylic oxidation sites excluding steroid dienone is 1. The molecule has 0 aromatic carbocycles. The number of hydrogen-bond acceptors (Lipinski definition) is 3. The molecule has 20 heavy (non-hydrogen) atoms. The zero-order valence-corrected chi connectivity index (χ0v) is 12.5. The second-order valence-electron chi connectivity index (χ2n) is 6.44. The lowest BCUT2D eigenvalue weighted by molar-refractivity contribution is -0.142. The van der Waals surface area contributed by atoms with Crippen molar-refractivity contribution in [3.05, 3.63) is 12.7 Å². The molecule has 1 unspecified atom stereocenters. The summed E-state index contributed by atoms with van der Waals surface area (Å²) in [6.45, 7) is 9.01. The van der Waals surface area contributed by atoms with Crippen LogP contribution in [0.25, 0.3) is 0 Å². The standard InChI is InChI=1S/C15H25NO4/c1-5-7-10-8-6-9-11(10)20-14(19)16-12(13(17)18)15(2,3)4/h5,10-12H,1,6-9H2,2-4H3,(H,16,19)(H,17,18)/t10-,11-,12?/m1/s1. The Balaban J connectivity index is 2.58. The molecule has 0 spiro atoms. The Kier molecular flexibility index (Phi) is 5.60. The number of ether oxygens (including phenoxy) is 1. The van der Waals surface area contributed by atoms with E-state index >= 15 is 0 Å². The zero-order valence-electron chi connectivity index (χ0n) is 12.5. The van der Waals surface area contributed by atoms with Crippen LogP contribution < -0.4 is 5.32 Å². The first-order valence-corrected chi connectivity index (χ1v) is 7.06. The maximum Gasteiger partial charge on any atom is 0.408 e. The molecule has 3 atom stereocenters. The Morgan fingerprint density at radius 1 is 1.45 bits per heavy atom. The van der Waals surface area contributed by atoms with Crippen molar-refractivity contribution in [3.8, 4) is 0 Å². The lowest BCUT2D eigenvalue weighted by atomic mass is 9.87. The van der Waals surface area contributed by atoms with Crippen LogP contribution in [0.1, 0.15) is 46.5 Å². The summed E-state index contributed by atoms with van der Waals surface area (Å²) in [4.78, 5) is 23.1. The predicted molar refractivity (Wildman–Crippen MR) is 76.4 cm³/mol. The Morgan fingerprint density at radius 2 is 2.10 bits per heavy atom. The number of carbonyl (C=O) groups is 2. The molecule has 114 valence electrons. The van der Waals surface area contributed by atoms with Crippen molar-refractivity contribution >= 4 is 12.1 Å². The van der Waals surface area contributed by atoms with Crippen LogP contribution in [0.5, 0.6) is 0 Å². The molecule has 0 heterocycles. The van der Waals surface area contributed by atoms with E-state index in [0.29, 0.717) is 5.92 Å². The maximum atomic E-state index is 11.9. The summed E-state index contributed by atoms with van der Waals surface area (Å²) in [5, 5.41) is 11.6. The molecule has 0 radical (unpaired) electrons. The highest BCUT2D eigenvalue weighted by molar-refractivity contribution is 5.80. The van der Waals surface area contributed by atoms with Gasteiger partial charge in [0, 0.05) is 0 Å². The van der Waals surface area contributed by atoms with Gasteiger partial charge in [-0.05, 0) is 37.0 Å². The van der Waals surface area contributed by atoms with Gasteiger partial charge in [0.2, 0.25) is 0 Å². The Bertz CT molecular complexity index is 373. The van der Waals surface area contributed by atoms with Crippen LogP contribution in [0.15, 0.2) is 12.7 Å². The van der Waals surface area contributed by atoms with E-state index in [-0.39, 0.29) is 6.10 Å². The van der Waals surface area contributed by atoms with Gasteiger partial charge in [-0.15, -0.1) is 6.58 Å². The number of nitrogens with one attached hydrogen (secondary N) is 1. The van der Waals surface area contributed by atoms with Gasteiger partial charge in [-0.1, -0.05) is 26.8 Å². The van der Waals surface area contributed by atoms with E-state index in [1.165, 1.54) is 0 Å². The molecule has 5 nitrogen and oxygen atoms in total. The topological polar surface area (TPSA) is 75.6 Å². The first-order valence-electron chi connectivity index (χ1n) is 7.06. The number of rotatable bonds is 5. The fourth-order valence-corrected chi connectivity index (χ4v) is 2.58. The largest absolute Gasteiger partial charge is 0.480 e. The Hall–Kier alpha value is -1.52. The summed E-state index contributed by atoms with van der Waals surface area (Å²) in [6, 6.07) is -0.964. The molecule has 0 saturated heterocycles. The minimum absolute atomic E-state index is 0.137. The number of hydrogen-bond donors (Lipinski definition) is 2. The summed E-state index contributed by atoms with van der Waals surface area (Å²) in [5.74, 6) is -0.750. The molecule has 5 heteroatoms. The molecule has 0 aromatic rings. The third kappa shape index (κ3) is 4.54. The first-order chi connectivity index (χ1) is 9.25. The number of aliphatic carboxylic acids is 1. The normalized spacial score (nSPS) is 23.9. The van der Waals surface area contributed by atoms with E-state index in [1.54, 1.807) is 20.8 Å². The van der Waals surface area contributed by atoms with Crippen molar-refractivity contribution in [3.63, 3.8) is 0 Å². The summed E-state index contributed by atoms with van der Waals surface area (Å²) < 4.78 is 5.39. The van der Waals surface area contributed by atoms with Gasteiger partial charge in [0.25, 0.3) is 0 Å². The van der Waals surface area contributed by atoms with Crippen LogP contribution in [0, 0.1) is 11.3 Å². The highest BCUT2D eigenvalue weighted by atomic mass is 16.6. The fourth-order valence-electron chi connectivity index (χ4n) is 2.58. The third-order valence-corrected chi connectivity index (χ3v) is 3.69. The lowest BCUT2D eigenvalue weighted by Crippen LogP contribution is -2.50. The Labute approximate surface area is 120 Å². The average Bonchev–Trinajstić information content (AvgIpc) is 2.72. The average molecular weight is 283 g/mol.